The highest BCUT2D eigenvalue weighted by Crippen LogP contribution is 2.42. The number of hydrogen-bond acceptors (Lipinski definition) is 30. The number of ether oxygens (including phenoxy) is 1. The quantitative estimate of drug-likeness (QED) is 0.0192. The highest BCUT2D eigenvalue weighted by molar-refractivity contribution is 7.13. The first-order valence-corrected chi connectivity index (χ1v) is 43.8. The number of likely N-dealkylation sites (N-methyl/N-ethyl adjacent to an activating group) is 2. The van der Waals surface area contributed by atoms with Crippen molar-refractivity contribution in [3.63, 3.8) is 0 Å². The molecule has 129 heavy (non-hydrogen) atoms. The second-order valence-corrected chi connectivity index (χ2v) is 35.4. The Kier molecular flexibility index (Phi) is 35.0. The highest BCUT2D eigenvalue weighted by Gasteiger charge is 2.48. The highest BCUT2D eigenvalue weighted by atomic mass is 32.1. The molecule has 2 aromatic heterocycles. The Balaban J connectivity index is 0.000000194. The van der Waals surface area contributed by atoms with Crippen LogP contribution in [0.4, 0.5) is 29.4 Å². The lowest BCUT2D eigenvalue weighted by molar-refractivity contribution is -0.153. The summed E-state index contributed by atoms with van der Waals surface area (Å²) in [5.74, 6) is -5.97. The molecule has 39 nitrogen and oxygen atoms in total. The van der Waals surface area contributed by atoms with Gasteiger partial charge in [0.05, 0.1) is 43.0 Å². The number of ketones is 4. The minimum Gasteiger partial charge on any atom is -0.536 e. The van der Waals surface area contributed by atoms with Crippen molar-refractivity contribution in [1.29, 1.82) is 0 Å². The fourth-order valence-electron chi connectivity index (χ4n) is 15.5. The molecule has 4 aromatic carbocycles. The number of carboxylic acid groups (broad SMARTS) is 1. The van der Waals surface area contributed by atoms with E-state index in [0.717, 1.165) is 77.0 Å². The zero-order valence-electron chi connectivity index (χ0n) is 73.8. The Morgan fingerprint density at radius 1 is 0.488 bits per heavy atom. The van der Waals surface area contributed by atoms with Crippen molar-refractivity contribution < 1.29 is 121 Å². The molecule has 2 fully saturated rings. The number of imide groups is 2. The minimum atomic E-state index is -1.65. The Labute approximate surface area is 754 Å². The summed E-state index contributed by atoms with van der Waals surface area (Å²) in [6.45, 7) is 20.4. The molecule has 8 atom stereocenters. The number of nitrogens with two attached hydrogens (primary N) is 2. The summed E-state index contributed by atoms with van der Waals surface area (Å²) < 4.78 is 27.1. The Morgan fingerprint density at radius 2 is 0.806 bits per heavy atom. The monoisotopic (exact) mass is 1820 g/mol. The fraction of sp³-hybridized carbons (Fsp3) is 0.476. The number of aliphatic carboxylic acids is 1. The van der Waals surface area contributed by atoms with Crippen molar-refractivity contribution >= 4 is 144 Å². The van der Waals surface area contributed by atoms with Gasteiger partial charge in [0, 0.05) is 112 Å². The maximum atomic E-state index is 13.3. The molecule has 2 unspecified atom stereocenters. The van der Waals surface area contributed by atoms with Gasteiger partial charge in [0.2, 0.25) is 0 Å². The van der Waals surface area contributed by atoms with Crippen LogP contribution in [-0.4, -0.2) is 248 Å². The minimum absolute atomic E-state index is 0.00336. The number of amides is 12. The van der Waals surface area contributed by atoms with E-state index >= 15 is 0 Å². The number of carboxylic acids is 1. The number of Topliss-reactive ketones (excluding diaryl/α,β-unsaturated/α-hetero) is 4. The number of rotatable bonds is 27. The molecule has 8 heterocycles. The van der Waals surface area contributed by atoms with Crippen LogP contribution >= 0.6 is 22.7 Å². The van der Waals surface area contributed by atoms with E-state index in [2.05, 4.69) is 46.6 Å². The van der Waals surface area contributed by atoms with Crippen LogP contribution in [0, 0.1) is 33.1 Å². The van der Waals surface area contributed by atoms with Crippen LogP contribution in [0.3, 0.4) is 0 Å². The van der Waals surface area contributed by atoms with Gasteiger partial charge in [-0.1, -0.05) is 93.6 Å². The lowest BCUT2D eigenvalue weighted by Crippen LogP contribution is -2.62. The number of carbonyl (C=O) groups is 14. The lowest BCUT2D eigenvalue weighted by Gasteiger charge is -2.36. The molecule has 12 amide bonds. The van der Waals surface area contributed by atoms with Crippen molar-refractivity contribution in [3.05, 3.63) is 139 Å². The summed E-state index contributed by atoms with van der Waals surface area (Å²) >= 11 is 2.28. The molecule has 45 heteroatoms. The van der Waals surface area contributed by atoms with Crippen LogP contribution in [0.2, 0.25) is 23.3 Å². The number of nitrogens with one attached hydrogen (secondary N) is 6. The molecule has 0 saturated carbocycles. The first kappa shape index (κ1) is 101. The molecule has 0 radical (unpaired) electrons. The number of thiazole rings is 2. The first-order valence-electron chi connectivity index (χ1n) is 42.1. The molecule has 2 saturated heterocycles. The predicted octanol–water partition coefficient (Wildman–Crippen LogP) is 4.51. The topological polar surface area (TPSA) is 569 Å². The zero-order chi connectivity index (χ0) is 94.8. The van der Waals surface area contributed by atoms with Crippen LogP contribution in [0.25, 0.3) is 0 Å². The molecule has 12 rings (SSSR count). The number of fused-ring (bicyclic) bond motifs is 4. The van der Waals surface area contributed by atoms with E-state index in [1.165, 1.54) is 30.8 Å². The predicted molar refractivity (Wildman–Crippen MR) is 476 cm³/mol. The van der Waals surface area contributed by atoms with Crippen LogP contribution in [0.15, 0.2) is 83.6 Å². The zero-order valence-corrected chi connectivity index (χ0v) is 75.5. The SMILES string of the molecule is CCN1CCN(C(=O)N[C@@H](C(=O)C[C@H]2Cc3cccc(C)c3OB2O)C(C)(C)C)C(=O)C1=O.CCN1CCN(C(=O)N[C@@H](C(=O)C[C@H]2Cc3cccc(C)c3OB2O)C(C)(C)O)C(=O)C1=O.COC(=O)CCNC(=O)NC(C(=O)C[C@H]1Cc2cccc(C)c2OB1O)c1csc(N)n1.Cc1cccc2c1OB(O)[C@@H](CC(=O)C(NC(=O)NCCC(=O)O)c1csc(N)n1)C2. The van der Waals surface area contributed by atoms with Crippen LogP contribution in [0.5, 0.6) is 23.0 Å². The number of aromatic nitrogens is 2. The molecule has 6 aliphatic heterocycles. The van der Waals surface area contributed by atoms with E-state index in [4.69, 9.17) is 35.2 Å². The molecule has 6 aliphatic rings. The number of para-hydroxylation sites is 4. The number of methoxy groups -OCH3 is 1. The maximum Gasteiger partial charge on any atom is 0.526 e. The third-order valence-corrected chi connectivity index (χ3v) is 23.9. The van der Waals surface area contributed by atoms with E-state index in [0.29, 0.717) is 67.5 Å². The molecule has 16 N–H and O–H groups in total. The summed E-state index contributed by atoms with van der Waals surface area (Å²) in [5, 5.41) is 79.9. The average Bonchev–Trinajstić information content (AvgIpc) is 1.23. The van der Waals surface area contributed by atoms with Gasteiger partial charge in [-0.3, -0.25) is 57.7 Å². The number of piperazine rings is 2. The van der Waals surface area contributed by atoms with Crippen LogP contribution in [-0.2, 0) is 78.4 Å². The van der Waals surface area contributed by atoms with Crippen molar-refractivity contribution in [2.45, 2.75) is 193 Å². The van der Waals surface area contributed by atoms with Crippen molar-refractivity contribution in [1.82, 2.24) is 61.5 Å². The van der Waals surface area contributed by atoms with E-state index in [9.17, 15) is 92.3 Å². The summed E-state index contributed by atoms with van der Waals surface area (Å²) in [7, 11) is -3.42. The second kappa shape index (κ2) is 44.8. The number of benzene rings is 4. The van der Waals surface area contributed by atoms with Crippen LogP contribution in [0.1, 0.15) is 155 Å². The number of nitrogens with zero attached hydrogens (tertiary/aromatic N) is 6. The molecule has 0 bridgehead atoms. The van der Waals surface area contributed by atoms with Crippen molar-refractivity contribution in [3.8, 4) is 23.0 Å². The number of urea groups is 4. The van der Waals surface area contributed by atoms with E-state index < -0.39 is 152 Å². The van der Waals surface area contributed by atoms with Gasteiger partial charge >= 0.3 is 88.2 Å². The van der Waals surface area contributed by atoms with Gasteiger partial charge in [-0.15, -0.1) is 22.7 Å². The second-order valence-electron chi connectivity index (χ2n) is 33.7. The maximum absolute atomic E-state index is 13.3. The smallest absolute Gasteiger partial charge is 0.526 e. The number of hydrogen-bond donors (Lipinski definition) is 14. The molecule has 0 aliphatic carbocycles. The Bertz CT molecular complexity index is 5000. The summed E-state index contributed by atoms with van der Waals surface area (Å²) in [5.41, 5.74) is 16.9. The summed E-state index contributed by atoms with van der Waals surface area (Å²) in [6, 6.07) is 15.2. The number of carbonyl (C=O) groups excluding carboxylic acids is 13. The molecule has 6 aromatic rings. The van der Waals surface area contributed by atoms with E-state index in [1.807, 2.05) is 121 Å². The van der Waals surface area contributed by atoms with Gasteiger partial charge in [0.1, 0.15) is 41.1 Å². The summed E-state index contributed by atoms with van der Waals surface area (Å²) in [4.78, 5) is 186. The number of anilines is 2. The fourth-order valence-corrected chi connectivity index (χ4v) is 16.7. The van der Waals surface area contributed by atoms with Gasteiger partial charge in [-0.2, -0.15) is 0 Å². The Morgan fingerprint density at radius 3 is 1.10 bits per heavy atom. The third-order valence-electron chi connectivity index (χ3n) is 22.5. The molecule has 0 spiro atoms. The van der Waals surface area contributed by atoms with Crippen LogP contribution < -0.4 is 62.0 Å². The molecule has 690 valence electrons. The number of aliphatic hydroxyl groups is 1. The number of aryl methyl sites for hydroxylation is 4. The van der Waals surface area contributed by atoms with E-state index in [1.54, 1.807) is 24.6 Å². The molecular weight excluding hydrogens is 1710 g/mol. The van der Waals surface area contributed by atoms with Gasteiger partial charge in [-0.25, -0.2) is 29.1 Å². The largest absolute Gasteiger partial charge is 0.536 e. The normalized spacial score (nSPS) is 17.9. The Hall–Kier alpha value is -12.0. The average molecular weight is 1820 g/mol. The van der Waals surface area contributed by atoms with Crippen molar-refractivity contribution in [2.75, 3.05) is 70.9 Å². The third kappa shape index (κ3) is 26.6. The van der Waals surface area contributed by atoms with Gasteiger partial charge < -0.3 is 107 Å². The van der Waals surface area contributed by atoms with Crippen molar-refractivity contribution in [2.24, 2.45) is 5.41 Å². The van der Waals surface area contributed by atoms with E-state index in [-0.39, 0.29) is 111 Å². The summed E-state index contributed by atoms with van der Waals surface area (Å²) in [6.07, 6.45) is 1.24. The number of esters is 1. The number of nitrogen functional groups attached to an aromatic ring is 2. The van der Waals surface area contributed by atoms with Gasteiger partial charge in [0.15, 0.2) is 33.4 Å². The van der Waals surface area contributed by atoms with Gasteiger partial charge in [0.25, 0.3) is 0 Å². The van der Waals surface area contributed by atoms with Gasteiger partial charge in [-0.05, 0) is 131 Å². The lowest BCUT2D eigenvalue weighted by atomic mass is 9.63. The standard InChI is InChI=1S/C23H32BN3O6.C22H30BN3O7.C20H25BN4O6S.C19H23BN4O6S/c1-6-26-10-11-27(21(30)20(26)29)22(31)25-19(23(3,4)5)17(28)13-16-12-15-9-7-8-14(2)18(15)33-24(16)32;1-5-25-9-10-26(20(29)19(25)28)21(30)24-18(22(3,4)31)16(27)12-15-11-14-8-6-7-13(2)17(14)33-23(15)32;1-11-4-3-5-12-8-13(21(29)31-18(11)12)9-15(26)17(14-10-32-19(22)24-14)25-20(28)23-7-6-16(27)30-2;1-10-3-2-4-11-7-12(20(29)30-17(10)11)8-14(25)16(13-9-31-18(21)23-13)24-19(28)22-6-5-15(26)27/h7-9,16,19,32H,6,10-13H2,1-5H3,(H,25,31);6-8,15,18,31-32H,5,9-12H2,1-4H3,(H,24,30);3-5,10,13,17,29H,6-9H2,1-2H3,(H2,22,24)(H2,23,25,28);2-4,9,12,16,29H,5-8H2,1H3,(H2,21,23)(H,26,27)(H2,22,24,28)/t16-,19+;15-,18+;13-,17?;12-,16?/m1111/s1. The first-order chi connectivity index (χ1) is 60.9. The molecular formula is C84H110B4N14O25S2.